The summed E-state index contributed by atoms with van der Waals surface area (Å²) < 4.78 is 5.38. The zero-order chi connectivity index (χ0) is 15.2. The first-order chi connectivity index (χ1) is 10.2. The van der Waals surface area contributed by atoms with Crippen LogP contribution in [0, 0.1) is 0 Å². The van der Waals surface area contributed by atoms with Crippen LogP contribution in [0.25, 0.3) is 10.6 Å². The highest BCUT2D eigenvalue weighted by atomic mass is 35.5. The second-order valence-corrected chi connectivity index (χ2v) is 6.15. The van der Waals surface area contributed by atoms with Crippen LogP contribution in [0.2, 0.25) is 5.02 Å². The number of halogens is 1. The van der Waals surface area contributed by atoms with Gasteiger partial charge in [-0.15, -0.1) is 10.2 Å². The van der Waals surface area contributed by atoms with Gasteiger partial charge in [0.1, 0.15) is 10.8 Å². The van der Waals surface area contributed by atoms with Crippen LogP contribution in [0.15, 0.2) is 18.2 Å². The number of hydrogen-bond donors (Lipinski definition) is 1. The van der Waals surface area contributed by atoms with Gasteiger partial charge in [-0.05, 0) is 37.6 Å². The zero-order valence-corrected chi connectivity index (χ0v) is 14.1. The molecule has 0 fully saturated rings. The smallest absolute Gasteiger partial charge is 0.151 e. The number of rotatable bonds is 7. The Balaban J connectivity index is 2.27. The van der Waals surface area contributed by atoms with Crippen LogP contribution in [-0.2, 0) is 0 Å². The largest absolute Gasteiger partial charge is 0.496 e. The molecule has 0 aliphatic rings. The fourth-order valence-electron chi connectivity index (χ4n) is 2.05. The lowest BCUT2D eigenvalue weighted by molar-refractivity contribution is 0.416. The second kappa shape index (κ2) is 7.73. The topological polar surface area (TPSA) is 47.0 Å². The third kappa shape index (κ3) is 3.93. The fourth-order valence-corrected chi connectivity index (χ4v) is 3.25. The molecule has 0 saturated carbocycles. The summed E-state index contributed by atoms with van der Waals surface area (Å²) in [4.78, 5) is 0. The van der Waals surface area contributed by atoms with E-state index in [0.717, 1.165) is 40.7 Å². The molecule has 21 heavy (non-hydrogen) atoms. The minimum atomic E-state index is 0.259. The van der Waals surface area contributed by atoms with Gasteiger partial charge in [-0.1, -0.05) is 36.8 Å². The quantitative estimate of drug-likeness (QED) is 0.823. The minimum absolute atomic E-state index is 0.259. The number of ether oxygens (including phenoxy) is 1. The molecule has 1 aromatic heterocycles. The van der Waals surface area contributed by atoms with E-state index in [-0.39, 0.29) is 6.04 Å². The molecule has 1 unspecified atom stereocenters. The molecule has 6 heteroatoms. The van der Waals surface area contributed by atoms with Crippen LogP contribution < -0.4 is 10.1 Å². The average Bonchev–Trinajstić information content (AvgIpc) is 2.97. The SMILES string of the molecule is CCCNC(CC)c1nnc(-c2ccc(Cl)cc2OC)s1. The molecular weight excluding hydrogens is 306 g/mol. The molecule has 0 saturated heterocycles. The van der Waals surface area contributed by atoms with Gasteiger partial charge in [0.15, 0.2) is 5.01 Å². The van der Waals surface area contributed by atoms with Gasteiger partial charge in [-0.2, -0.15) is 0 Å². The predicted octanol–water partition coefficient (Wildman–Crippen LogP) is 4.32. The molecule has 0 spiro atoms. The van der Waals surface area contributed by atoms with Crippen molar-refractivity contribution in [2.45, 2.75) is 32.7 Å². The van der Waals surface area contributed by atoms with Crippen LogP contribution in [0.5, 0.6) is 5.75 Å². The van der Waals surface area contributed by atoms with Crippen molar-refractivity contribution >= 4 is 22.9 Å². The highest BCUT2D eigenvalue weighted by Crippen LogP contribution is 2.35. The Morgan fingerprint density at radius 3 is 2.81 bits per heavy atom. The van der Waals surface area contributed by atoms with Gasteiger partial charge >= 0.3 is 0 Å². The summed E-state index contributed by atoms with van der Waals surface area (Å²) in [6.45, 7) is 5.29. The van der Waals surface area contributed by atoms with Gasteiger partial charge in [0, 0.05) is 5.02 Å². The van der Waals surface area contributed by atoms with E-state index in [1.165, 1.54) is 0 Å². The number of nitrogens with one attached hydrogen (secondary N) is 1. The molecule has 0 radical (unpaired) electrons. The molecule has 0 aliphatic heterocycles. The molecule has 2 rings (SSSR count). The zero-order valence-electron chi connectivity index (χ0n) is 12.5. The Morgan fingerprint density at radius 1 is 1.33 bits per heavy atom. The summed E-state index contributed by atoms with van der Waals surface area (Å²) in [6.07, 6.45) is 2.10. The normalized spacial score (nSPS) is 12.4. The third-order valence-electron chi connectivity index (χ3n) is 3.18. The van der Waals surface area contributed by atoms with E-state index in [1.54, 1.807) is 24.5 Å². The summed E-state index contributed by atoms with van der Waals surface area (Å²) in [7, 11) is 1.63. The number of hydrogen-bond acceptors (Lipinski definition) is 5. The first-order valence-corrected chi connectivity index (χ1v) is 8.29. The maximum absolute atomic E-state index is 6.00. The van der Waals surface area contributed by atoms with E-state index in [1.807, 2.05) is 12.1 Å². The van der Waals surface area contributed by atoms with Crippen LogP contribution in [0.1, 0.15) is 37.7 Å². The highest BCUT2D eigenvalue weighted by Gasteiger charge is 2.17. The Morgan fingerprint density at radius 2 is 2.14 bits per heavy atom. The lowest BCUT2D eigenvalue weighted by atomic mass is 10.2. The molecule has 4 nitrogen and oxygen atoms in total. The van der Waals surface area contributed by atoms with Crippen molar-refractivity contribution in [2.24, 2.45) is 0 Å². The van der Waals surface area contributed by atoms with E-state index >= 15 is 0 Å². The van der Waals surface area contributed by atoms with Crippen LogP contribution in [0.4, 0.5) is 0 Å². The van der Waals surface area contributed by atoms with Crippen LogP contribution >= 0.6 is 22.9 Å². The number of benzene rings is 1. The van der Waals surface area contributed by atoms with Crippen molar-refractivity contribution in [3.63, 3.8) is 0 Å². The molecular formula is C15H20ClN3OS. The van der Waals surface area contributed by atoms with Crippen molar-refractivity contribution in [1.82, 2.24) is 15.5 Å². The van der Waals surface area contributed by atoms with Crippen molar-refractivity contribution in [1.29, 1.82) is 0 Å². The molecule has 0 bridgehead atoms. The number of nitrogens with zero attached hydrogens (tertiary/aromatic N) is 2. The average molecular weight is 326 g/mol. The molecule has 0 amide bonds. The summed E-state index contributed by atoms with van der Waals surface area (Å²) in [5, 5.41) is 14.7. The summed E-state index contributed by atoms with van der Waals surface area (Å²) in [5.74, 6) is 0.722. The summed E-state index contributed by atoms with van der Waals surface area (Å²) in [5.41, 5.74) is 0.927. The van der Waals surface area contributed by atoms with Crippen molar-refractivity contribution in [3.8, 4) is 16.3 Å². The summed E-state index contributed by atoms with van der Waals surface area (Å²) >= 11 is 7.59. The van der Waals surface area contributed by atoms with Crippen molar-refractivity contribution in [3.05, 3.63) is 28.2 Å². The monoisotopic (exact) mass is 325 g/mol. The van der Waals surface area contributed by atoms with E-state index in [4.69, 9.17) is 16.3 Å². The van der Waals surface area contributed by atoms with Crippen LogP contribution in [-0.4, -0.2) is 23.9 Å². The Labute approximate surface area is 134 Å². The van der Waals surface area contributed by atoms with E-state index < -0.39 is 0 Å². The Hall–Kier alpha value is -1.17. The lowest BCUT2D eigenvalue weighted by Crippen LogP contribution is -2.21. The first-order valence-electron chi connectivity index (χ1n) is 7.10. The lowest BCUT2D eigenvalue weighted by Gasteiger charge is -2.12. The standard InChI is InChI=1S/C15H20ClN3OS/c1-4-8-17-12(5-2)15-19-18-14(21-15)11-7-6-10(16)9-13(11)20-3/h6-7,9,12,17H,4-5,8H2,1-3H3. The maximum atomic E-state index is 6.00. The maximum Gasteiger partial charge on any atom is 0.151 e. The number of aromatic nitrogens is 2. The molecule has 0 aliphatic carbocycles. The molecule has 2 aromatic rings. The third-order valence-corrected chi connectivity index (χ3v) is 4.49. The van der Waals surface area contributed by atoms with E-state index in [9.17, 15) is 0 Å². The molecule has 1 aromatic carbocycles. The van der Waals surface area contributed by atoms with Gasteiger partial charge in [0.05, 0.1) is 18.7 Å². The highest BCUT2D eigenvalue weighted by molar-refractivity contribution is 7.14. The van der Waals surface area contributed by atoms with Gasteiger partial charge in [-0.3, -0.25) is 0 Å². The predicted molar refractivity (Wildman–Crippen MR) is 88.2 cm³/mol. The Bertz CT molecular complexity index is 588. The van der Waals surface area contributed by atoms with Crippen molar-refractivity contribution in [2.75, 3.05) is 13.7 Å². The minimum Gasteiger partial charge on any atom is -0.496 e. The van der Waals surface area contributed by atoms with Gasteiger partial charge in [-0.25, -0.2) is 0 Å². The molecule has 1 N–H and O–H groups in total. The van der Waals surface area contributed by atoms with E-state index in [2.05, 4.69) is 29.4 Å². The first kappa shape index (κ1) is 16.2. The molecule has 1 atom stereocenters. The molecule has 114 valence electrons. The van der Waals surface area contributed by atoms with Crippen molar-refractivity contribution < 1.29 is 4.74 Å². The van der Waals surface area contributed by atoms with E-state index in [0.29, 0.717) is 5.02 Å². The fraction of sp³-hybridized carbons (Fsp3) is 0.467. The van der Waals surface area contributed by atoms with Gasteiger partial charge in [0.25, 0.3) is 0 Å². The summed E-state index contributed by atoms with van der Waals surface area (Å²) in [6, 6.07) is 5.82. The number of methoxy groups -OCH3 is 1. The van der Waals surface area contributed by atoms with Gasteiger partial charge < -0.3 is 10.1 Å². The Kier molecular flexibility index (Phi) is 5.96. The second-order valence-electron chi connectivity index (χ2n) is 4.71. The van der Waals surface area contributed by atoms with Gasteiger partial charge in [0.2, 0.25) is 0 Å². The molecule has 1 heterocycles. The van der Waals surface area contributed by atoms with Crippen LogP contribution in [0.3, 0.4) is 0 Å².